The first-order valence-electron chi connectivity index (χ1n) is 8.72. The Hall–Kier alpha value is -2.38. The highest BCUT2D eigenvalue weighted by Crippen LogP contribution is 2.39. The monoisotopic (exact) mass is 524 g/mol. The first-order chi connectivity index (χ1) is 13.5. The minimum Gasteiger partial charge on any atom is -0.454 e. The van der Waals surface area contributed by atoms with Crippen molar-refractivity contribution in [1.82, 2.24) is 25.4 Å². The summed E-state index contributed by atoms with van der Waals surface area (Å²) in [6.07, 6.45) is 0. The summed E-state index contributed by atoms with van der Waals surface area (Å²) in [6.45, 7) is 2.02. The summed E-state index contributed by atoms with van der Waals surface area (Å²) >= 11 is 0. The summed E-state index contributed by atoms with van der Waals surface area (Å²) < 4.78 is 42.5. The van der Waals surface area contributed by atoms with Crippen molar-refractivity contribution in [1.29, 1.82) is 0 Å². The number of hydrogen-bond acceptors (Lipinski definition) is 6. The van der Waals surface area contributed by atoms with Crippen LogP contribution in [0.4, 0.5) is 8.78 Å². The summed E-state index contributed by atoms with van der Waals surface area (Å²) in [5.74, 6) is 2.89. The fourth-order valence-corrected chi connectivity index (χ4v) is 2.57. The van der Waals surface area contributed by atoms with E-state index in [-0.39, 0.29) is 43.1 Å². The number of aryl methyl sites for hydroxylation is 1. The molecule has 3 rings (SSSR count). The lowest BCUT2D eigenvalue weighted by Gasteiger charge is -2.13. The van der Waals surface area contributed by atoms with Crippen molar-refractivity contribution >= 4 is 29.9 Å². The number of halogens is 3. The van der Waals surface area contributed by atoms with Gasteiger partial charge in [0, 0.05) is 25.2 Å². The molecule has 0 bridgehead atoms. The SMILES string of the molecule is CCNC(=NCc1cc2c(cc1OC(F)F)OCO2)NCc1nnc(C)n1C.I. The van der Waals surface area contributed by atoms with Gasteiger partial charge in [-0.3, -0.25) is 0 Å². The second kappa shape index (κ2) is 10.4. The van der Waals surface area contributed by atoms with Crippen molar-refractivity contribution in [3.05, 3.63) is 29.3 Å². The molecule has 1 aromatic heterocycles. The third kappa shape index (κ3) is 5.81. The van der Waals surface area contributed by atoms with E-state index >= 15 is 0 Å². The lowest BCUT2D eigenvalue weighted by Crippen LogP contribution is -2.37. The molecule has 160 valence electrons. The number of rotatable bonds is 7. The maximum absolute atomic E-state index is 12.8. The van der Waals surface area contributed by atoms with Crippen LogP contribution in [0.2, 0.25) is 0 Å². The van der Waals surface area contributed by atoms with Crippen LogP contribution in [0, 0.1) is 6.92 Å². The molecule has 2 N–H and O–H groups in total. The molecule has 0 saturated carbocycles. The summed E-state index contributed by atoms with van der Waals surface area (Å²) in [7, 11) is 1.87. The molecule has 0 atom stereocenters. The Morgan fingerprint density at radius 2 is 2.00 bits per heavy atom. The van der Waals surface area contributed by atoms with Crippen molar-refractivity contribution in [2.45, 2.75) is 33.5 Å². The number of alkyl halides is 2. The Kier molecular flexibility index (Phi) is 8.22. The van der Waals surface area contributed by atoms with Crippen LogP contribution in [0.5, 0.6) is 17.2 Å². The number of aliphatic imine (C=N–C) groups is 1. The average molecular weight is 524 g/mol. The van der Waals surface area contributed by atoms with E-state index in [2.05, 4.69) is 30.6 Å². The molecule has 0 spiro atoms. The topological polar surface area (TPSA) is 94.8 Å². The molecule has 2 aromatic rings. The van der Waals surface area contributed by atoms with Gasteiger partial charge in [-0.2, -0.15) is 8.78 Å². The van der Waals surface area contributed by atoms with E-state index in [1.807, 2.05) is 25.5 Å². The number of fused-ring (bicyclic) bond motifs is 1. The van der Waals surface area contributed by atoms with Gasteiger partial charge in [0.05, 0.1) is 13.1 Å². The van der Waals surface area contributed by atoms with E-state index in [4.69, 9.17) is 9.47 Å². The van der Waals surface area contributed by atoms with Gasteiger partial charge >= 0.3 is 6.61 Å². The zero-order valence-corrected chi connectivity index (χ0v) is 18.6. The molecule has 0 amide bonds. The number of guanidine groups is 1. The predicted molar refractivity (Wildman–Crippen MR) is 112 cm³/mol. The maximum atomic E-state index is 12.8. The average Bonchev–Trinajstić information content (AvgIpc) is 3.23. The maximum Gasteiger partial charge on any atom is 0.387 e. The van der Waals surface area contributed by atoms with Crippen LogP contribution >= 0.6 is 24.0 Å². The highest BCUT2D eigenvalue weighted by Gasteiger charge is 2.20. The summed E-state index contributed by atoms with van der Waals surface area (Å²) in [4.78, 5) is 4.44. The standard InChI is InChI=1S/C17H22F2N6O3.HI/c1-4-20-17(22-8-15-24-23-10(2)25(15)3)21-7-11-5-13-14(27-9-26-13)6-12(11)28-16(18)19;/h5-6,16H,4,7-9H2,1-3H3,(H2,20,21,22);1H. The fourth-order valence-electron chi connectivity index (χ4n) is 2.57. The van der Waals surface area contributed by atoms with Crippen LogP contribution in [-0.4, -0.2) is 40.7 Å². The van der Waals surface area contributed by atoms with E-state index < -0.39 is 6.61 Å². The van der Waals surface area contributed by atoms with Gasteiger partial charge in [0.1, 0.15) is 11.6 Å². The van der Waals surface area contributed by atoms with Crippen LogP contribution in [-0.2, 0) is 20.1 Å². The first-order valence-corrected chi connectivity index (χ1v) is 8.72. The largest absolute Gasteiger partial charge is 0.454 e. The molecular formula is C17H23F2IN6O3. The highest BCUT2D eigenvalue weighted by molar-refractivity contribution is 14.0. The molecule has 1 aliphatic heterocycles. The van der Waals surface area contributed by atoms with E-state index in [1.54, 1.807) is 6.07 Å². The summed E-state index contributed by atoms with van der Waals surface area (Å²) in [6, 6.07) is 2.99. The van der Waals surface area contributed by atoms with Gasteiger partial charge in [-0.15, -0.1) is 34.2 Å². The molecule has 12 heteroatoms. The van der Waals surface area contributed by atoms with Crippen LogP contribution < -0.4 is 24.8 Å². The van der Waals surface area contributed by atoms with Crippen LogP contribution in [0.1, 0.15) is 24.1 Å². The van der Waals surface area contributed by atoms with Gasteiger partial charge in [-0.05, 0) is 19.9 Å². The number of nitrogens with zero attached hydrogens (tertiary/aromatic N) is 4. The number of aromatic nitrogens is 3. The Morgan fingerprint density at radius 1 is 1.28 bits per heavy atom. The third-order valence-corrected chi connectivity index (χ3v) is 4.12. The Bertz CT molecular complexity index is 862. The lowest BCUT2D eigenvalue weighted by molar-refractivity contribution is -0.0505. The molecule has 2 heterocycles. The molecule has 1 aromatic carbocycles. The number of ether oxygens (including phenoxy) is 3. The first kappa shape index (κ1) is 22.9. The van der Waals surface area contributed by atoms with E-state index in [0.29, 0.717) is 36.1 Å². The zero-order valence-electron chi connectivity index (χ0n) is 16.2. The fraction of sp³-hybridized carbons (Fsp3) is 0.471. The third-order valence-electron chi connectivity index (χ3n) is 4.12. The Morgan fingerprint density at radius 3 is 2.62 bits per heavy atom. The number of nitrogens with one attached hydrogen (secondary N) is 2. The summed E-state index contributed by atoms with van der Waals surface area (Å²) in [5, 5.41) is 14.3. The second-order valence-electron chi connectivity index (χ2n) is 5.96. The molecule has 0 unspecified atom stereocenters. The van der Waals surface area contributed by atoms with Crippen molar-refractivity contribution in [2.24, 2.45) is 12.0 Å². The number of hydrogen-bond donors (Lipinski definition) is 2. The van der Waals surface area contributed by atoms with Gasteiger partial charge in [0.15, 0.2) is 23.3 Å². The Balaban J connectivity index is 0.00000300. The molecule has 1 aliphatic rings. The highest BCUT2D eigenvalue weighted by atomic mass is 127. The van der Waals surface area contributed by atoms with Gasteiger partial charge < -0.3 is 29.4 Å². The molecule has 0 radical (unpaired) electrons. The van der Waals surface area contributed by atoms with Crippen molar-refractivity contribution in [2.75, 3.05) is 13.3 Å². The number of benzene rings is 1. The van der Waals surface area contributed by atoms with Crippen molar-refractivity contribution in [3.63, 3.8) is 0 Å². The van der Waals surface area contributed by atoms with E-state index in [1.165, 1.54) is 6.07 Å². The van der Waals surface area contributed by atoms with Gasteiger partial charge in [0.25, 0.3) is 0 Å². The second-order valence-corrected chi connectivity index (χ2v) is 5.96. The molecule has 0 saturated heterocycles. The van der Waals surface area contributed by atoms with Crippen LogP contribution in [0.15, 0.2) is 17.1 Å². The molecule has 0 fully saturated rings. The molecule has 9 nitrogen and oxygen atoms in total. The minimum absolute atomic E-state index is 0. The Labute approximate surface area is 183 Å². The van der Waals surface area contributed by atoms with Gasteiger partial charge in [0.2, 0.25) is 6.79 Å². The smallest absolute Gasteiger partial charge is 0.387 e. The summed E-state index contributed by atoms with van der Waals surface area (Å²) in [5.41, 5.74) is 0.455. The molecule has 0 aliphatic carbocycles. The van der Waals surface area contributed by atoms with Crippen molar-refractivity contribution in [3.8, 4) is 17.2 Å². The zero-order chi connectivity index (χ0) is 20.1. The molecule has 29 heavy (non-hydrogen) atoms. The van der Waals surface area contributed by atoms with Gasteiger partial charge in [-0.1, -0.05) is 0 Å². The van der Waals surface area contributed by atoms with Crippen LogP contribution in [0.3, 0.4) is 0 Å². The van der Waals surface area contributed by atoms with E-state index in [9.17, 15) is 8.78 Å². The van der Waals surface area contributed by atoms with Crippen LogP contribution in [0.25, 0.3) is 0 Å². The predicted octanol–water partition coefficient (Wildman–Crippen LogP) is 2.33. The molecular weight excluding hydrogens is 501 g/mol. The minimum atomic E-state index is -2.95. The van der Waals surface area contributed by atoms with E-state index in [0.717, 1.165) is 11.6 Å². The quantitative estimate of drug-likeness (QED) is 0.326. The lowest BCUT2D eigenvalue weighted by atomic mass is 10.1. The normalized spacial score (nSPS) is 12.7. The van der Waals surface area contributed by atoms with Crippen molar-refractivity contribution < 1.29 is 23.0 Å². The van der Waals surface area contributed by atoms with Gasteiger partial charge in [-0.25, -0.2) is 4.99 Å².